The van der Waals surface area contributed by atoms with Crippen LogP contribution >= 0.6 is 11.6 Å². The number of ether oxygens (including phenoxy) is 1. The highest BCUT2D eigenvalue weighted by atomic mass is 35.5. The van der Waals surface area contributed by atoms with Crippen LogP contribution in [0, 0.1) is 27.9 Å². The minimum absolute atomic E-state index is 0.0260. The maximum absolute atomic E-state index is 13.1. The van der Waals surface area contributed by atoms with Gasteiger partial charge in [-0.05, 0) is 38.2 Å². The lowest BCUT2D eigenvalue weighted by molar-refractivity contribution is -0.384. The molecule has 2 aliphatic rings. The number of carbonyl (C=O) groups excluding carboxylic acids is 4. The molecule has 1 aromatic carbocycles. The topological polar surface area (TPSA) is 136 Å². The van der Waals surface area contributed by atoms with Crippen molar-refractivity contribution < 1.29 is 28.8 Å². The fourth-order valence-corrected chi connectivity index (χ4v) is 4.37. The summed E-state index contributed by atoms with van der Waals surface area (Å²) in [5.74, 6) is -3.34. The number of nitrogens with zero attached hydrogens (tertiary/aromatic N) is 2. The van der Waals surface area contributed by atoms with Gasteiger partial charge in [-0.15, -0.1) is 0 Å². The number of nitro benzene ring substituents is 1. The number of amides is 3. The minimum atomic E-state index is -1.27. The molecule has 11 heteroatoms. The summed E-state index contributed by atoms with van der Waals surface area (Å²) in [5, 5.41) is 13.3. The van der Waals surface area contributed by atoms with E-state index in [9.17, 15) is 29.3 Å². The Morgan fingerprint density at radius 1 is 1.18 bits per heavy atom. The van der Waals surface area contributed by atoms with Crippen LogP contribution in [-0.4, -0.2) is 45.7 Å². The minimum Gasteiger partial charge on any atom is -0.451 e. The van der Waals surface area contributed by atoms with Gasteiger partial charge >= 0.3 is 5.97 Å². The van der Waals surface area contributed by atoms with Gasteiger partial charge in [0.05, 0.1) is 27.5 Å². The molecule has 0 bridgehead atoms. The van der Waals surface area contributed by atoms with Crippen molar-refractivity contribution in [3.05, 3.63) is 45.5 Å². The fraction of sp³-hybridized carbons (Fsp3) is 0.478. The zero-order chi connectivity index (χ0) is 25.2. The molecule has 1 saturated heterocycles. The number of non-ortho nitro benzene ring substituents is 1. The first-order valence-corrected chi connectivity index (χ1v) is 11.4. The number of imide groups is 1. The number of nitrogens with one attached hydrogen (secondary N) is 1. The van der Waals surface area contributed by atoms with Gasteiger partial charge in [-0.3, -0.25) is 29.4 Å². The Hall–Kier alpha value is -3.27. The number of hydrogen-bond donors (Lipinski definition) is 1. The fourth-order valence-electron chi connectivity index (χ4n) is 4.15. The summed E-state index contributed by atoms with van der Waals surface area (Å²) in [6, 6.07) is 2.40. The van der Waals surface area contributed by atoms with E-state index in [1.807, 2.05) is 26.0 Å². The molecule has 4 unspecified atom stereocenters. The number of rotatable bonds is 8. The number of hydrogen-bond acceptors (Lipinski definition) is 7. The zero-order valence-corrected chi connectivity index (χ0v) is 19.8. The second-order valence-corrected chi connectivity index (χ2v) is 9.24. The van der Waals surface area contributed by atoms with Crippen LogP contribution < -0.4 is 5.32 Å². The summed E-state index contributed by atoms with van der Waals surface area (Å²) in [6.07, 6.45) is 3.55. The third-order valence-corrected chi connectivity index (χ3v) is 6.22. The van der Waals surface area contributed by atoms with Gasteiger partial charge in [-0.2, -0.15) is 0 Å². The van der Waals surface area contributed by atoms with Crippen LogP contribution in [0.2, 0.25) is 5.02 Å². The molecule has 34 heavy (non-hydrogen) atoms. The van der Waals surface area contributed by atoms with E-state index in [1.165, 1.54) is 19.1 Å². The summed E-state index contributed by atoms with van der Waals surface area (Å²) in [4.78, 5) is 62.8. The molecule has 1 aromatic rings. The van der Waals surface area contributed by atoms with E-state index in [0.717, 1.165) is 11.0 Å². The van der Waals surface area contributed by atoms with E-state index < -0.39 is 52.6 Å². The van der Waals surface area contributed by atoms with Gasteiger partial charge < -0.3 is 10.1 Å². The molecule has 0 aromatic heterocycles. The van der Waals surface area contributed by atoms with Crippen molar-refractivity contribution in [2.75, 3.05) is 5.32 Å². The van der Waals surface area contributed by atoms with Gasteiger partial charge in [0.25, 0.3) is 11.6 Å². The molecule has 3 rings (SSSR count). The normalized spacial score (nSPS) is 21.3. The molecular formula is C23H26ClN3O7. The smallest absolute Gasteiger partial charge is 0.330 e. The third kappa shape index (κ3) is 5.27. The molecule has 1 aliphatic carbocycles. The largest absolute Gasteiger partial charge is 0.451 e. The second kappa shape index (κ2) is 10.3. The van der Waals surface area contributed by atoms with Crippen molar-refractivity contribution in [2.45, 2.75) is 52.2 Å². The van der Waals surface area contributed by atoms with Crippen LogP contribution in [0.1, 0.15) is 40.0 Å². The van der Waals surface area contributed by atoms with Gasteiger partial charge in [0, 0.05) is 12.1 Å². The number of likely N-dealkylation sites (tertiary alicyclic amines) is 1. The van der Waals surface area contributed by atoms with Gasteiger partial charge in [0.1, 0.15) is 6.04 Å². The SMILES string of the molecule is CC(C)CC(C(=O)OC(C)C(=O)Nc1ccc([N+](=O)[O-])cc1Cl)N1C(=O)C2CC=CCC2C1=O. The third-order valence-electron chi connectivity index (χ3n) is 5.90. The van der Waals surface area contributed by atoms with Crippen LogP contribution in [-0.2, 0) is 23.9 Å². The average Bonchev–Trinajstić information content (AvgIpc) is 3.03. The number of esters is 1. The average molecular weight is 492 g/mol. The highest BCUT2D eigenvalue weighted by Gasteiger charge is 2.51. The lowest BCUT2D eigenvalue weighted by atomic mass is 9.85. The first-order valence-electron chi connectivity index (χ1n) is 11.0. The second-order valence-electron chi connectivity index (χ2n) is 8.84. The highest BCUT2D eigenvalue weighted by molar-refractivity contribution is 6.34. The molecule has 10 nitrogen and oxygen atoms in total. The summed E-state index contributed by atoms with van der Waals surface area (Å²) < 4.78 is 5.35. The number of anilines is 1. The van der Waals surface area contributed by atoms with Crippen molar-refractivity contribution in [3.8, 4) is 0 Å². The molecule has 1 aliphatic heterocycles. The van der Waals surface area contributed by atoms with Crippen LogP contribution in [0.4, 0.5) is 11.4 Å². The lowest BCUT2D eigenvalue weighted by Gasteiger charge is -2.27. The highest BCUT2D eigenvalue weighted by Crippen LogP contribution is 2.37. The number of allylic oxidation sites excluding steroid dienone is 2. The van der Waals surface area contributed by atoms with Crippen molar-refractivity contribution in [1.82, 2.24) is 4.90 Å². The van der Waals surface area contributed by atoms with Crippen molar-refractivity contribution in [1.29, 1.82) is 0 Å². The van der Waals surface area contributed by atoms with Gasteiger partial charge in [-0.1, -0.05) is 37.6 Å². The van der Waals surface area contributed by atoms with Crippen LogP contribution in [0.3, 0.4) is 0 Å². The molecule has 1 N–H and O–H groups in total. The van der Waals surface area contributed by atoms with E-state index in [2.05, 4.69) is 5.32 Å². The Balaban J connectivity index is 1.72. The van der Waals surface area contributed by atoms with Crippen molar-refractivity contribution >= 4 is 46.7 Å². The van der Waals surface area contributed by atoms with Gasteiger partial charge in [0.2, 0.25) is 11.8 Å². The van der Waals surface area contributed by atoms with E-state index in [0.29, 0.717) is 12.8 Å². The summed E-state index contributed by atoms with van der Waals surface area (Å²) >= 11 is 6.00. The summed E-state index contributed by atoms with van der Waals surface area (Å²) in [7, 11) is 0. The van der Waals surface area contributed by atoms with E-state index in [-0.39, 0.29) is 28.7 Å². The molecule has 1 heterocycles. The van der Waals surface area contributed by atoms with E-state index >= 15 is 0 Å². The first-order chi connectivity index (χ1) is 16.0. The van der Waals surface area contributed by atoms with Crippen molar-refractivity contribution in [3.63, 3.8) is 0 Å². The standard InChI is InChI=1S/C23H26ClN3O7/c1-12(2)10-19(26-21(29)15-6-4-5-7-16(15)22(26)30)23(31)34-13(3)20(28)25-18-9-8-14(27(32)33)11-17(18)24/h4-5,8-9,11-13,15-16,19H,6-7,10H2,1-3H3,(H,25,28). The van der Waals surface area contributed by atoms with Crippen LogP contribution in [0.5, 0.6) is 0 Å². The Morgan fingerprint density at radius 3 is 2.26 bits per heavy atom. The maximum atomic E-state index is 13.1. The summed E-state index contributed by atoms with van der Waals surface area (Å²) in [6.45, 7) is 5.05. The van der Waals surface area contributed by atoms with E-state index in [1.54, 1.807) is 0 Å². The lowest BCUT2D eigenvalue weighted by Crippen LogP contribution is -2.48. The molecule has 182 valence electrons. The molecule has 1 fully saturated rings. The van der Waals surface area contributed by atoms with Gasteiger partial charge in [-0.25, -0.2) is 4.79 Å². The number of benzene rings is 1. The summed E-state index contributed by atoms with van der Waals surface area (Å²) in [5.41, 5.74) is -0.130. The Morgan fingerprint density at radius 2 is 1.76 bits per heavy atom. The zero-order valence-electron chi connectivity index (χ0n) is 19.0. The Bertz CT molecular complexity index is 1030. The number of carbonyl (C=O) groups is 4. The van der Waals surface area contributed by atoms with Gasteiger partial charge in [0.15, 0.2) is 6.10 Å². The predicted octanol–water partition coefficient (Wildman–Crippen LogP) is 3.48. The van der Waals surface area contributed by atoms with Crippen molar-refractivity contribution in [2.24, 2.45) is 17.8 Å². The number of fused-ring (bicyclic) bond motifs is 1. The maximum Gasteiger partial charge on any atom is 0.330 e. The van der Waals surface area contributed by atoms with Crippen LogP contribution in [0.15, 0.2) is 30.4 Å². The van der Waals surface area contributed by atoms with E-state index in [4.69, 9.17) is 16.3 Å². The molecule has 3 amide bonds. The Kier molecular flexibility index (Phi) is 7.71. The quantitative estimate of drug-likeness (QED) is 0.193. The van der Waals surface area contributed by atoms with Crippen LogP contribution in [0.25, 0.3) is 0 Å². The monoisotopic (exact) mass is 491 g/mol. The predicted molar refractivity (Wildman–Crippen MR) is 123 cm³/mol. The Labute approximate surface area is 201 Å². The molecule has 0 radical (unpaired) electrons. The molecule has 0 saturated carbocycles. The number of halogens is 1. The number of nitro groups is 1. The first kappa shape index (κ1) is 25.4. The molecule has 4 atom stereocenters. The molecule has 0 spiro atoms. The molecular weight excluding hydrogens is 466 g/mol.